The van der Waals surface area contributed by atoms with Crippen LogP contribution >= 0.6 is 15.9 Å². The summed E-state index contributed by atoms with van der Waals surface area (Å²) in [6.45, 7) is 7.59. The minimum atomic E-state index is -2.98. The number of amides is 1. The third-order valence-corrected chi connectivity index (χ3v) is 5.25. The van der Waals surface area contributed by atoms with Gasteiger partial charge in [0, 0.05) is 31.5 Å². The first-order chi connectivity index (χ1) is 11.9. The molecular weight excluding hydrogens is 410 g/mol. The van der Waals surface area contributed by atoms with Gasteiger partial charge in [0.15, 0.2) is 0 Å². The second kappa shape index (κ2) is 7.80. The molecule has 26 heavy (non-hydrogen) atoms. The van der Waals surface area contributed by atoms with Gasteiger partial charge in [-0.3, -0.25) is 9.89 Å². The third kappa shape index (κ3) is 5.16. The van der Waals surface area contributed by atoms with E-state index in [2.05, 4.69) is 20.9 Å². The van der Waals surface area contributed by atoms with Crippen LogP contribution in [0.2, 0.25) is 0 Å². The highest BCUT2D eigenvalue weighted by Crippen LogP contribution is 2.35. The number of carbonyl (C=O) groups excluding carboxylic acids is 1. The molecule has 2 saturated heterocycles. The number of hydrogen-bond donors (Lipinski definition) is 1. The molecule has 9 heteroatoms. The van der Waals surface area contributed by atoms with Crippen LogP contribution in [0.3, 0.4) is 0 Å². The highest BCUT2D eigenvalue weighted by Gasteiger charge is 2.51. The minimum Gasteiger partial charge on any atom is -0.444 e. The van der Waals surface area contributed by atoms with Crippen LogP contribution in [0, 0.1) is 0 Å². The zero-order chi connectivity index (χ0) is 19.7. The summed E-state index contributed by atoms with van der Waals surface area (Å²) in [5, 5.41) is 0. The van der Waals surface area contributed by atoms with Crippen molar-refractivity contribution in [3.05, 3.63) is 10.7 Å². The Morgan fingerprint density at radius 2 is 2.00 bits per heavy atom. The van der Waals surface area contributed by atoms with Gasteiger partial charge >= 0.3 is 6.09 Å². The van der Waals surface area contributed by atoms with Crippen molar-refractivity contribution >= 4 is 27.7 Å². The molecule has 1 unspecified atom stereocenters. The summed E-state index contributed by atoms with van der Waals surface area (Å²) in [4.78, 5) is 19.4. The molecule has 0 saturated carbocycles. The summed E-state index contributed by atoms with van der Waals surface area (Å²) >= 11 is 3.30. The summed E-state index contributed by atoms with van der Waals surface area (Å²) in [5.74, 6) is -2.98. The molecule has 0 spiro atoms. The Hall–Kier alpha value is -1.22. The topological polar surface area (TPSA) is 71.2 Å². The van der Waals surface area contributed by atoms with Crippen molar-refractivity contribution in [1.29, 1.82) is 0 Å². The molecule has 6 nitrogen and oxygen atoms in total. The molecule has 2 aliphatic heterocycles. The number of piperidine rings is 1. The fraction of sp³-hybridized carbons (Fsp3) is 0.765. The minimum absolute atomic E-state index is 0.0119. The average Bonchev–Trinajstić information content (AvgIpc) is 2.47. The standard InChI is InChI=1S/C17H27BrF2N4O2/c1-11(13(18)7-21)22-12-8-24(9-12)14-5-6-23(10-17(14,19)20)15(25)26-16(2,3)4/h7,12,14H,5-6,8-10,21H2,1-4H3/b13-7+,22-11?. The lowest BCUT2D eigenvalue weighted by molar-refractivity contribution is -0.140. The van der Waals surface area contributed by atoms with Gasteiger partial charge in [-0.25, -0.2) is 13.6 Å². The maximum atomic E-state index is 14.6. The number of carbonyl (C=O) groups is 1. The first-order valence-corrected chi connectivity index (χ1v) is 9.44. The summed E-state index contributed by atoms with van der Waals surface area (Å²) in [6, 6.07) is -0.886. The van der Waals surface area contributed by atoms with Gasteiger partial charge < -0.3 is 15.4 Å². The Morgan fingerprint density at radius 3 is 2.50 bits per heavy atom. The molecule has 0 aromatic carbocycles. The van der Waals surface area contributed by atoms with Gasteiger partial charge in [0.05, 0.1) is 23.1 Å². The molecule has 148 valence electrons. The molecule has 0 aromatic heterocycles. The second-order valence-electron chi connectivity index (χ2n) is 7.80. The van der Waals surface area contributed by atoms with Crippen molar-refractivity contribution in [2.24, 2.45) is 10.7 Å². The molecule has 0 aliphatic carbocycles. The van der Waals surface area contributed by atoms with Gasteiger partial charge in [-0.2, -0.15) is 0 Å². The van der Waals surface area contributed by atoms with Gasteiger partial charge in [0.25, 0.3) is 5.92 Å². The lowest BCUT2D eigenvalue weighted by Crippen LogP contribution is -2.65. The zero-order valence-electron chi connectivity index (χ0n) is 15.6. The number of hydrogen-bond acceptors (Lipinski definition) is 5. The Morgan fingerprint density at radius 1 is 1.38 bits per heavy atom. The van der Waals surface area contributed by atoms with Crippen molar-refractivity contribution < 1.29 is 18.3 Å². The molecule has 1 amide bonds. The van der Waals surface area contributed by atoms with Gasteiger partial charge in [0.1, 0.15) is 5.60 Å². The van der Waals surface area contributed by atoms with Gasteiger partial charge in [0.2, 0.25) is 0 Å². The molecule has 2 aliphatic rings. The number of likely N-dealkylation sites (tertiary alicyclic amines) is 2. The third-order valence-electron chi connectivity index (χ3n) is 4.41. The molecule has 2 N–H and O–H groups in total. The van der Waals surface area contributed by atoms with Gasteiger partial charge in [-0.15, -0.1) is 0 Å². The lowest BCUT2D eigenvalue weighted by atomic mass is 9.94. The van der Waals surface area contributed by atoms with Crippen LogP contribution in [-0.4, -0.2) is 71.4 Å². The van der Waals surface area contributed by atoms with Gasteiger partial charge in [-0.1, -0.05) is 0 Å². The predicted molar refractivity (Wildman–Crippen MR) is 101 cm³/mol. The molecule has 1 atom stereocenters. The number of halogens is 3. The number of nitrogens with zero attached hydrogens (tertiary/aromatic N) is 3. The summed E-state index contributed by atoms with van der Waals surface area (Å²) in [7, 11) is 0. The van der Waals surface area contributed by atoms with Gasteiger partial charge in [-0.05, 0) is 50.0 Å². The van der Waals surface area contributed by atoms with Crippen molar-refractivity contribution in [2.75, 3.05) is 26.2 Å². The first-order valence-electron chi connectivity index (χ1n) is 8.65. The Bertz CT molecular complexity index is 598. The second-order valence-corrected chi connectivity index (χ2v) is 8.66. The van der Waals surface area contributed by atoms with Crippen LogP contribution < -0.4 is 5.73 Å². The molecule has 2 fully saturated rings. The fourth-order valence-corrected chi connectivity index (χ4v) is 3.24. The predicted octanol–water partition coefficient (Wildman–Crippen LogP) is 2.97. The van der Waals surface area contributed by atoms with E-state index < -0.39 is 30.2 Å². The van der Waals surface area contributed by atoms with E-state index in [4.69, 9.17) is 10.5 Å². The van der Waals surface area contributed by atoms with E-state index in [1.165, 1.54) is 6.20 Å². The number of nitrogens with two attached hydrogens (primary N) is 1. The number of aliphatic imine (C=N–C) groups is 1. The molecule has 2 rings (SSSR count). The zero-order valence-corrected chi connectivity index (χ0v) is 17.2. The van der Waals surface area contributed by atoms with E-state index >= 15 is 0 Å². The molecular formula is C17H27BrF2N4O2. The lowest BCUT2D eigenvalue weighted by Gasteiger charge is -2.49. The Balaban J connectivity index is 1.91. The Kier molecular flexibility index (Phi) is 6.32. The quantitative estimate of drug-likeness (QED) is 0.690. The fourth-order valence-electron chi connectivity index (χ4n) is 3.14. The monoisotopic (exact) mass is 436 g/mol. The average molecular weight is 437 g/mol. The highest BCUT2D eigenvalue weighted by molar-refractivity contribution is 9.12. The molecule has 0 radical (unpaired) electrons. The first kappa shape index (κ1) is 21.1. The normalized spacial score (nSPS) is 25.8. The maximum absolute atomic E-state index is 14.6. The number of alkyl halides is 2. The van der Waals surface area contributed by atoms with Crippen molar-refractivity contribution in [2.45, 2.75) is 57.7 Å². The van der Waals surface area contributed by atoms with Crippen molar-refractivity contribution in [3.63, 3.8) is 0 Å². The summed E-state index contributed by atoms with van der Waals surface area (Å²) in [5.41, 5.74) is 5.48. The van der Waals surface area contributed by atoms with E-state index in [1.807, 2.05) is 6.92 Å². The van der Waals surface area contributed by atoms with E-state index in [-0.39, 0.29) is 19.0 Å². The van der Waals surface area contributed by atoms with Crippen LogP contribution in [0.1, 0.15) is 34.1 Å². The maximum Gasteiger partial charge on any atom is 0.410 e. The van der Waals surface area contributed by atoms with Crippen LogP contribution in [-0.2, 0) is 4.74 Å². The number of rotatable bonds is 3. The smallest absolute Gasteiger partial charge is 0.410 e. The molecule has 0 aromatic rings. The Labute approximate surface area is 161 Å². The number of ether oxygens (including phenoxy) is 1. The van der Waals surface area contributed by atoms with Crippen LogP contribution in [0.15, 0.2) is 15.7 Å². The van der Waals surface area contributed by atoms with Crippen LogP contribution in [0.4, 0.5) is 13.6 Å². The summed E-state index contributed by atoms with van der Waals surface area (Å²) in [6.07, 6.45) is 0.944. The SMILES string of the molecule is CC(=NC1CN(C2CCN(C(=O)OC(C)(C)C)CC2(F)F)C1)/C(Br)=C\N. The van der Waals surface area contributed by atoms with E-state index in [0.717, 1.165) is 10.6 Å². The van der Waals surface area contributed by atoms with E-state index in [0.29, 0.717) is 17.6 Å². The molecule has 2 heterocycles. The number of allylic oxidation sites excluding steroid dienone is 1. The van der Waals surface area contributed by atoms with Crippen LogP contribution in [0.5, 0.6) is 0 Å². The van der Waals surface area contributed by atoms with Crippen molar-refractivity contribution in [1.82, 2.24) is 9.80 Å². The molecule has 0 bridgehead atoms. The largest absolute Gasteiger partial charge is 0.444 e. The van der Waals surface area contributed by atoms with E-state index in [1.54, 1.807) is 25.7 Å². The van der Waals surface area contributed by atoms with E-state index in [9.17, 15) is 13.6 Å². The summed E-state index contributed by atoms with van der Waals surface area (Å²) < 4.78 is 35.1. The highest BCUT2D eigenvalue weighted by atomic mass is 79.9. The van der Waals surface area contributed by atoms with Crippen LogP contribution in [0.25, 0.3) is 0 Å². The van der Waals surface area contributed by atoms with Crippen molar-refractivity contribution in [3.8, 4) is 0 Å².